The monoisotopic (exact) mass is 462 g/mol. The van der Waals surface area contributed by atoms with Gasteiger partial charge in [0.05, 0.1) is 13.2 Å². The number of ketones is 1. The predicted molar refractivity (Wildman–Crippen MR) is 134 cm³/mol. The molecule has 2 rings (SSSR count). The molecular formula is C27H46O4Si. The Kier molecular flexibility index (Phi) is 11.2. The average Bonchev–Trinajstić information content (AvgIpc) is 3.19. The zero-order chi connectivity index (χ0) is 23.7. The van der Waals surface area contributed by atoms with E-state index in [4.69, 9.17) is 13.9 Å². The summed E-state index contributed by atoms with van der Waals surface area (Å²) in [6, 6.07) is 0. The van der Waals surface area contributed by atoms with E-state index in [2.05, 4.69) is 66.4 Å². The van der Waals surface area contributed by atoms with Crippen LogP contribution >= 0.6 is 0 Å². The van der Waals surface area contributed by atoms with Crippen LogP contribution in [0.5, 0.6) is 0 Å². The minimum Gasteiger partial charge on any atom is -0.402 e. The summed E-state index contributed by atoms with van der Waals surface area (Å²) in [5, 5.41) is 0. The maximum absolute atomic E-state index is 12.8. The van der Waals surface area contributed by atoms with Crippen LogP contribution in [0.2, 0.25) is 16.6 Å². The summed E-state index contributed by atoms with van der Waals surface area (Å²) in [5.74, 6) is 7.25. The van der Waals surface area contributed by atoms with E-state index in [1.54, 1.807) is 0 Å². The molecule has 1 saturated heterocycles. The van der Waals surface area contributed by atoms with Crippen LogP contribution in [0.1, 0.15) is 93.4 Å². The van der Waals surface area contributed by atoms with Crippen molar-refractivity contribution >= 4 is 14.1 Å². The molecule has 0 amide bonds. The number of hydrogen-bond donors (Lipinski definition) is 0. The van der Waals surface area contributed by atoms with Crippen LogP contribution in [-0.2, 0) is 18.7 Å². The highest BCUT2D eigenvalue weighted by atomic mass is 28.4. The smallest absolute Gasteiger partial charge is 0.202 e. The van der Waals surface area contributed by atoms with Crippen LogP contribution in [0.3, 0.4) is 0 Å². The van der Waals surface area contributed by atoms with Crippen LogP contribution in [0.15, 0.2) is 11.6 Å². The molecule has 0 bridgehead atoms. The van der Waals surface area contributed by atoms with Crippen molar-refractivity contribution in [2.24, 2.45) is 5.92 Å². The molecule has 182 valence electrons. The van der Waals surface area contributed by atoms with E-state index >= 15 is 0 Å². The Bertz CT molecular complexity index is 658. The number of carbonyl (C=O) groups excluding carboxylic acids is 1. The van der Waals surface area contributed by atoms with E-state index < -0.39 is 8.32 Å². The third kappa shape index (κ3) is 7.55. The van der Waals surface area contributed by atoms with Gasteiger partial charge in [0.2, 0.25) is 8.32 Å². The molecule has 0 unspecified atom stereocenters. The molecule has 0 radical (unpaired) electrons. The number of allylic oxidation sites excluding steroid dienone is 2. The maximum Gasteiger partial charge on any atom is 0.202 e. The molecule has 2 aliphatic rings. The van der Waals surface area contributed by atoms with Crippen molar-refractivity contribution < 1.29 is 18.7 Å². The Labute approximate surface area is 198 Å². The van der Waals surface area contributed by atoms with Gasteiger partial charge in [0.15, 0.2) is 6.29 Å². The molecule has 5 heteroatoms. The molecular weight excluding hydrogens is 416 g/mol. The molecule has 4 nitrogen and oxygen atoms in total. The normalized spacial score (nSPS) is 21.6. The molecule has 1 aliphatic carbocycles. The Balaban J connectivity index is 2.15. The fourth-order valence-electron chi connectivity index (χ4n) is 5.50. The van der Waals surface area contributed by atoms with Gasteiger partial charge in [-0.3, -0.25) is 4.79 Å². The molecule has 0 spiro atoms. The molecule has 0 aromatic carbocycles. The minimum absolute atomic E-state index is 0.0187. The van der Waals surface area contributed by atoms with Crippen molar-refractivity contribution in [2.45, 2.75) is 122 Å². The summed E-state index contributed by atoms with van der Waals surface area (Å²) in [7, 11) is -2.08. The van der Waals surface area contributed by atoms with Crippen molar-refractivity contribution in [1.82, 2.24) is 0 Å². The van der Waals surface area contributed by atoms with Gasteiger partial charge in [-0.05, 0) is 55.7 Å². The summed E-state index contributed by atoms with van der Waals surface area (Å²) in [6.07, 6.45) is 7.73. The lowest BCUT2D eigenvalue weighted by Crippen LogP contribution is -2.50. The molecule has 0 saturated carbocycles. The van der Waals surface area contributed by atoms with Crippen molar-refractivity contribution in [3.05, 3.63) is 11.6 Å². The second kappa shape index (κ2) is 13.1. The molecule has 0 aromatic heterocycles. The Hall–Kier alpha value is -0.933. The van der Waals surface area contributed by atoms with Gasteiger partial charge >= 0.3 is 0 Å². The van der Waals surface area contributed by atoms with Crippen molar-refractivity contribution in [1.29, 1.82) is 0 Å². The molecule has 1 heterocycles. The summed E-state index contributed by atoms with van der Waals surface area (Å²) < 4.78 is 18.1. The van der Waals surface area contributed by atoms with E-state index in [0.717, 1.165) is 32.1 Å². The largest absolute Gasteiger partial charge is 0.402 e. The highest BCUT2D eigenvalue weighted by molar-refractivity contribution is 6.77. The quantitative estimate of drug-likeness (QED) is 0.155. The lowest BCUT2D eigenvalue weighted by atomic mass is 9.93. The highest BCUT2D eigenvalue weighted by Crippen LogP contribution is 2.43. The topological polar surface area (TPSA) is 44.8 Å². The van der Waals surface area contributed by atoms with Crippen molar-refractivity contribution in [3.8, 4) is 11.8 Å². The fourth-order valence-corrected chi connectivity index (χ4v) is 11.0. The first-order valence-electron chi connectivity index (χ1n) is 12.7. The predicted octanol–water partition coefficient (Wildman–Crippen LogP) is 6.80. The number of ether oxygens (including phenoxy) is 2. The van der Waals surface area contributed by atoms with Gasteiger partial charge in [0.1, 0.15) is 11.9 Å². The lowest BCUT2D eigenvalue weighted by Gasteiger charge is -2.44. The van der Waals surface area contributed by atoms with Crippen LogP contribution in [0, 0.1) is 17.8 Å². The fraction of sp³-hybridized carbons (Fsp3) is 0.815. The Morgan fingerprint density at radius 2 is 1.69 bits per heavy atom. The molecule has 0 N–H and O–H groups in total. The first kappa shape index (κ1) is 27.3. The van der Waals surface area contributed by atoms with E-state index in [0.29, 0.717) is 48.5 Å². The van der Waals surface area contributed by atoms with Crippen LogP contribution in [-0.4, -0.2) is 39.7 Å². The Morgan fingerprint density at radius 1 is 1.06 bits per heavy atom. The number of hydrogen-bond acceptors (Lipinski definition) is 4. The summed E-state index contributed by atoms with van der Waals surface area (Å²) in [5.41, 5.74) is 2.82. The van der Waals surface area contributed by atoms with Gasteiger partial charge in [-0.25, -0.2) is 0 Å². The number of rotatable bonds is 10. The summed E-state index contributed by atoms with van der Waals surface area (Å²) >= 11 is 0. The van der Waals surface area contributed by atoms with Gasteiger partial charge < -0.3 is 13.9 Å². The number of carbonyl (C=O) groups is 1. The third-order valence-electron chi connectivity index (χ3n) is 7.22. The highest BCUT2D eigenvalue weighted by Gasteiger charge is 2.46. The second-order valence-corrected chi connectivity index (χ2v) is 15.9. The molecule has 0 aromatic rings. The number of Topliss-reactive ketones (excluding diaryl/α,β-unsaturated/α-hetero) is 1. The number of unbranched alkanes of at least 4 members (excludes halogenated alkanes) is 1. The lowest BCUT2D eigenvalue weighted by molar-refractivity contribution is -0.123. The van der Waals surface area contributed by atoms with Gasteiger partial charge in [-0.15, -0.1) is 5.92 Å². The van der Waals surface area contributed by atoms with Gasteiger partial charge in [0.25, 0.3) is 0 Å². The van der Waals surface area contributed by atoms with Gasteiger partial charge in [-0.1, -0.05) is 59.1 Å². The molecule has 32 heavy (non-hydrogen) atoms. The van der Waals surface area contributed by atoms with E-state index in [-0.39, 0.29) is 18.3 Å². The van der Waals surface area contributed by atoms with Gasteiger partial charge in [0, 0.05) is 18.8 Å². The Morgan fingerprint density at radius 3 is 2.28 bits per heavy atom. The van der Waals surface area contributed by atoms with Gasteiger partial charge in [-0.2, -0.15) is 0 Å². The van der Waals surface area contributed by atoms with Crippen LogP contribution in [0.25, 0.3) is 0 Å². The zero-order valence-corrected chi connectivity index (χ0v) is 22.5. The van der Waals surface area contributed by atoms with Crippen molar-refractivity contribution in [3.63, 3.8) is 0 Å². The molecule has 2 atom stereocenters. The maximum atomic E-state index is 12.8. The SMILES string of the molecule is CC1=CC[C@H](C[C@@H](C#CCCCC2OCCO2)O[Si](C(C)C)(C(C)C)C(C)C)C(=O)CC1. The van der Waals surface area contributed by atoms with Crippen molar-refractivity contribution in [2.75, 3.05) is 13.2 Å². The molecule has 1 aliphatic heterocycles. The first-order chi connectivity index (χ1) is 15.2. The first-order valence-corrected chi connectivity index (χ1v) is 14.9. The van der Waals surface area contributed by atoms with E-state index in [9.17, 15) is 4.79 Å². The van der Waals surface area contributed by atoms with E-state index in [1.807, 2.05) is 0 Å². The van der Waals surface area contributed by atoms with Crippen LogP contribution < -0.4 is 0 Å². The second-order valence-electron chi connectivity index (χ2n) is 10.5. The summed E-state index contributed by atoms with van der Waals surface area (Å²) in [4.78, 5) is 12.8. The average molecular weight is 463 g/mol. The summed E-state index contributed by atoms with van der Waals surface area (Å²) in [6.45, 7) is 17.4. The zero-order valence-electron chi connectivity index (χ0n) is 21.5. The van der Waals surface area contributed by atoms with Crippen LogP contribution in [0.4, 0.5) is 0 Å². The third-order valence-corrected chi connectivity index (χ3v) is 13.3. The minimum atomic E-state index is -2.08. The standard InChI is InChI=1S/C27H46O4Si/c1-20(2)32(21(3)4,22(5)6)31-25(11-9-8-10-12-27-29-17-18-30-27)19-24-15-13-23(7)14-16-26(24)28/h13,20-22,24-25,27H,8,10,12,14-19H2,1-7H3/t24-,25-/m1/s1. The molecule has 1 fully saturated rings. The van der Waals surface area contributed by atoms with E-state index in [1.165, 1.54) is 5.57 Å².